The molecule has 0 saturated heterocycles. The maximum absolute atomic E-state index is 11.5. The summed E-state index contributed by atoms with van der Waals surface area (Å²) < 4.78 is 4.41. The quantitative estimate of drug-likeness (QED) is 0.504. The number of aliphatic carboxylic acids is 1. The second-order valence-electron chi connectivity index (χ2n) is 3.94. The molecule has 20 heavy (non-hydrogen) atoms. The summed E-state index contributed by atoms with van der Waals surface area (Å²) in [6, 6.07) is -1.79. The first kappa shape index (κ1) is 15.5. The van der Waals surface area contributed by atoms with E-state index in [4.69, 9.17) is 5.11 Å². The maximum atomic E-state index is 11.5. The van der Waals surface area contributed by atoms with Crippen molar-refractivity contribution < 1.29 is 24.2 Å². The number of rotatable bonds is 7. The van der Waals surface area contributed by atoms with E-state index < -0.39 is 24.0 Å². The van der Waals surface area contributed by atoms with Crippen LogP contribution in [0.2, 0.25) is 0 Å². The van der Waals surface area contributed by atoms with E-state index in [1.165, 1.54) is 13.3 Å². The van der Waals surface area contributed by atoms with Crippen molar-refractivity contribution in [2.24, 2.45) is 0 Å². The number of hydrogen-bond acceptors (Lipinski definition) is 5. The molecule has 1 rings (SSSR count). The molecule has 0 unspecified atom stereocenters. The number of nitrogens with one attached hydrogen (secondary N) is 3. The number of urea groups is 1. The summed E-state index contributed by atoms with van der Waals surface area (Å²) in [5, 5.41) is 20.0. The zero-order valence-corrected chi connectivity index (χ0v) is 10.9. The smallest absolute Gasteiger partial charge is 0.326 e. The van der Waals surface area contributed by atoms with E-state index in [-0.39, 0.29) is 19.4 Å². The molecule has 0 aliphatic heterocycles. The topological polar surface area (TPSA) is 133 Å². The Balaban J connectivity index is 2.38. The van der Waals surface area contributed by atoms with Crippen LogP contribution >= 0.6 is 0 Å². The number of carbonyl (C=O) groups is 3. The predicted octanol–water partition coefficient (Wildman–Crippen LogP) is -0.385. The largest absolute Gasteiger partial charge is 0.480 e. The van der Waals surface area contributed by atoms with E-state index in [1.807, 2.05) is 0 Å². The summed E-state index contributed by atoms with van der Waals surface area (Å²) in [5.41, 5.74) is 0.751. The van der Waals surface area contributed by atoms with Gasteiger partial charge in [-0.15, -0.1) is 0 Å². The van der Waals surface area contributed by atoms with E-state index in [0.29, 0.717) is 0 Å². The van der Waals surface area contributed by atoms with E-state index in [9.17, 15) is 14.4 Å². The van der Waals surface area contributed by atoms with Gasteiger partial charge in [0.05, 0.1) is 13.3 Å². The Labute approximate surface area is 114 Å². The van der Waals surface area contributed by atoms with Gasteiger partial charge in [0.1, 0.15) is 6.04 Å². The summed E-state index contributed by atoms with van der Waals surface area (Å²) >= 11 is 0. The van der Waals surface area contributed by atoms with Crippen LogP contribution in [-0.2, 0) is 20.9 Å². The number of aromatic nitrogens is 2. The van der Waals surface area contributed by atoms with Gasteiger partial charge in [0.2, 0.25) is 0 Å². The van der Waals surface area contributed by atoms with Crippen molar-refractivity contribution in [3.8, 4) is 0 Å². The molecule has 9 nitrogen and oxygen atoms in total. The van der Waals surface area contributed by atoms with Gasteiger partial charge in [-0.3, -0.25) is 9.89 Å². The SMILES string of the molecule is COC(=O)CC[C@@H](NC(=O)NCc1cn[nH]c1)C(=O)O. The average molecular weight is 284 g/mol. The highest BCUT2D eigenvalue weighted by Crippen LogP contribution is 2.00. The Kier molecular flexibility index (Phi) is 6.01. The molecule has 0 radical (unpaired) electrons. The first-order valence-corrected chi connectivity index (χ1v) is 5.84. The first-order chi connectivity index (χ1) is 9.52. The molecule has 1 atom stereocenters. The minimum Gasteiger partial charge on any atom is -0.480 e. The van der Waals surface area contributed by atoms with Crippen LogP contribution in [0.4, 0.5) is 4.79 Å². The normalized spacial score (nSPS) is 11.4. The van der Waals surface area contributed by atoms with Crippen LogP contribution in [0.25, 0.3) is 0 Å². The number of hydrogen-bond donors (Lipinski definition) is 4. The van der Waals surface area contributed by atoms with Crippen molar-refractivity contribution in [3.05, 3.63) is 18.0 Å². The average Bonchev–Trinajstić information content (AvgIpc) is 2.93. The van der Waals surface area contributed by atoms with E-state index in [0.717, 1.165) is 5.56 Å². The molecule has 0 aliphatic carbocycles. The Morgan fingerprint density at radius 3 is 2.80 bits per heavy atom. The van der Waals surface area contributed by atoms with E-state index in [2.05, 4.69) is 25.6 Å². The van der Waals surface area contributed by atoms with Crippen molar-refractivity contribution in [2.45, 2.75) is 25.4 Å². The Morgan fingerprint density at radius 1 is 1.50 bits per heavy atom. The molecule has 0 spiro atoms. The Hall–Kier alpha value is -2.58. The molecule has 110 valence electrons. The van der Waals surface area contributed by atoms with Crippen LogP contribution in [0.3, 0.4) is 0 Å². The van der Waals surface area contributed by atoms with Crippen molar-refractivity contribution in [1.29, 1.82) is 0 Å². The van der Waals surface area contributed by atoms with Crippen molar-refractivity contribution >= 4 is 18.0 Å². The predicted molar refractivity (Wildman–Crippen MR) is 66.6 cm³/mol. The highest BCUT2D eigenvalue weighted by atomic mass is 16.5. The molecule has 1 aromatic heterocycles. The van der Waals surface area contributed by atoms with Gasteiger partial charge in [-0.2, -0.15) is 5.10 Å². The number of carbonyl (C=O) groups excluding carboxylic acids is 2. The van der Waals surface area contributed by atoms with Gasteiger partial charge in [0.25, 0.3) is 0 Å². The molecule has 0 saturated carbocycles. The molecule has 1 aromatic rings. The Morgan fingerprint density at radius 2 is 2.25 bits per heavy atom. The third-order valence-corrected chi connectivity index (χ3v) is 2.48. The van der Waals surface area contributed by atoms with Gasteiger partial charge in [-0.05, 0) is 6.42 Å². The fourth-order valence-corrected chi connectivity index (χ4v) is 1.39. The van der Waals surface area contributed by atoms with Crippen LogP contribution in [0.5, 0.6) is 0 Å². The van der Waals surface area contributed by atoms with Gasteiger partial charge in [-0.1, -0.05) is 0 Å². The zero-order chi connectivity index (χ0) is 15.0. The highest BCUT2D eigenvalue weighted by molar-refractivity contribution is 5.83. The maximum Gasteiger partial charge on any atom is 0.326 e. The summed E-state index contributed by atoms with van der Waals surface area (Å²) in [4.78, 5) is 33.4. The first-order valence-electron chi connectivity index (χ1n) is 5.84. The minimum absolute atomic E-state index is 0.0405. The van der Waals surface area contributed by atoms with Crippen molar-refractivity contribution in [1.82, 2.24) is 20.8 Å². The number of methoxy groups -OCH3 is 1. The van der Waals surface area contributed by atoms with E-state index in [1.54, 1.807) is 6.20 Å². The fraction of sp³-hybridized carbons (Fsp3) is 0.455. The molecular weight excluding hydrogens is 268 g/mol. The number of esters is 1. The summed E-state index contributed by atoms with van der Waals surface area (Å²) in [6.45, 7) is 0.214. The van der Waals surface area contributed by atoms with Gasteiger partial charge in [0.15, 0.2) is 0 Å². The lowest BCUT2D eigenvalue weighted by Crippen LogP contribution is -2.46. The highest BCUT2D eigenvalue weighted by Gasteiger charge is 2.21. The minimum atomic E-state index is -1.22. The summed E-state index contributed by atoms with van der Waals surface area (Å²) in [5.74, 6) is -1.75. The number of carboxylic acids is 1. The third kappa shape index (κ3) is 5.38. The van der Waals surface area contributed by atoms with Gasteiger partial charge >= 0.3 is 18.0 Å². The standard InChI is InChI=1S/C11H16N4O5/c1-20-9(16)3-2-8(10(17)18)15-11(19)12-4-7-5-13-14-6-7/h5-6,8H,2-4H2,1H3,(H,13,14)(H,17,18)(H2,12,15,19)/t8-/m1/s1. The second kappa shape index (κ2) is 7.77. The molecule has 0 aliphatic rings. The van der Waals surface area contributed by atoms with Crippen molar-refractivity contribution in [2.75, 3.05) is 7.11 Å². The van der Waals surface area contributed by atoms with Crippen LogP contribution in [0.15, 0.2) is 12.4 Å². The lowest BCUT2D eigenvalue weighted by Gasteiger charge is -2.14. The molecular formula is C11H16N4O5. The van der Waals surface area contributed by atoms with E-state index >= 15 is 0 Å². The fourth-order valence-electron chi connectivity index (χ4n) is 1.39. The number of carboxylic acid groups (broad SMARTS) is 1. The van der Waals surface area contributed by atoms with Gasteiger partial charge < -0.3 is 20.5 Å². The molecule has 0 fully saturated rings. The number of amides is 2. The summed E-state index contributed by atoms with van der Waals surface area (Å²) in [6.07, 6.45) is 3.01. The van der Waals surface area contributed by atoms with Gasteiger partial charge in [-0.25, -0.2) is 9.59 Å². The lowest BCUT2D eigenvalue weighted by molar-refractivity contribution is -0.142. The molecule has 9 heteroatoms. The number of aromatic amines is 1. The van der Waals surface area contributed by atoms with Crippen LogP contribution in [-0.4, -0.2) is 46.4 Å². The van der Waals surface area contributed by atoms with Gasteiger partial charge in [0, 0.05) is 24.7 Å². The molecule has 0 bridgehead atoms. The molecule has 4 N–H and O–H groups in total. The van der Waals surface area contributed by atoms with Crippen molar-refractivity contribution in [3.63, 3.8) is 0 Å². The second-order valence-corrected chi connectivity index (χ2v) is 3.94. The number of nitrogens with zero attached hydrogens (tertiary/aromatic N) is 1. The summed E-state index contributed by atoms with van der Waals surface area (Å²) in [7, 11) is 1.21. The molecule has 1 heterocycles. The third-order valence-electron chi connectivity index (χ3n) is 2.48. The van der Waals surface area contributed by atoms with Crippen LogP contribution in [0, 0.1) is 0 Å². The molecule has 2 amide bonds. The van der Waals surface area contributed by atoms with Crippen LogP contribution < -0.4 is 10.6 Å². The monoisotopic (exact) mass is 284 g/mol. The Bertz CT molecular complexity index is 459. The number of ether oxygens (including phenoxy) is 1. The lowest BCUT2D eigenvalue weighted by atomic mass is 10.1. The van der Waals surface area contributed by atoms with Crippen LogP contribution in [0.1, 0.15) is 18.4 Å². The number of H-pyrrole nitrogens is 1. The zero-order valence-electron chi connectivity index (χ0n) is 10.9. The molecule has 0 aromatic carbocycles.